The van der Waals surface area contributed by atoms with E-state index in [-0.39, 0.29) is 16.7 Å². The van der Waals surface area contributed by atoms with E-state index in [4.69, 9.17) is 11.6 Å². The van der Waals surface area contributed by atoms with Crippen molar-refractivity contribution in [2.24, 2.45) is 0 Å². The first-order valence-electron chi connectivity index (χ1n) is 5.51. The molecule has 18 heavy (non-hydrogen) atoms. The van der Waals surface area contributed by atoms with Crippen molar-refractivity contribution in [3.63, 3.8) is 0 Å². The highest BCUT2D eigenvalue weighted by Crippen LogP contribution is 2.20. The number of rotatable bonds is 2. The summed E-state index contributed by atoms with van der Waals surface area (Å²) in [4.78, 5) is 11.9. The van der Waals surface area contributed by atoms with Crippen LogP contribution in [0, 0.1) is 0 Å². The molecule has 0 bridgehead atoms. The average Bonchev–Trinajstić information content (AvgIpc) is 2.31. The molecular weight excluding hydrogens is 278 g/mol. The molecule has 0 aromatic carbocycles. The van der Waals surface area contributed by atoms with Gasteiger partial charge in [0.25, 0.3) is 0 Å². The van der Waals surface area contributed by atoms with Gasteiger partial charge in [0.2, 0.25) is 5.91 Å². The Kier molecular flexibility index (Phi) is 3.82. The van der Waals surface area contributed by atoms with Crippen LogP contribution in [0.3, 0.4) is 0 Å². The van der Waals surface area contributed by atoms with Crippen LogP contribution in [0.4, 0.5) is 5.82 Å². The zero-order valence-corrected chi connectivity index (χ0v) is 11.0. The number of aromatic nitrogens is 2. The van der Waals surface area contributed by atoms with Gasteiger partial charge in [-0.25, -0.2) is 8.42 Å². The number of carbonyl (C=O) groups excluding carboxylic acids is 1. The van der Waals surface area contributed by atoms with Crippen molar-refractivity contribution in [3.05, 3.63) is 17.3 Å². The Balaban J connectivity index is 2.10. The molecule has 2 rings (SSSR count). The zero-order valence-electron chi connectivity index (χ0n) is 9.47. The summed E-state index contributed by atoms with van der Waals surface area (Å²) in [6, 6.07) is 2.95. The molecule has 1 aliphatic heterocycles. The summed E-state index contributed by atoms with van der Waals surface area (Å²) in [6.07, 6.45) is 1.71. The summed E-state index contributed by atoms with van der Waals surface area (Å²) in [5.41, 5.74) is 0. The number of halogens is 1. The lowest BCUT2D eigenvalue weighted by Gasteiger charge is -2.20. The van der Waals surface area contributed by atoms with Crippen LogP contribution in [0.5, 0.6) is 0 Å². The fourth-order valence-electron chi connectivity index (χ4n) is 1.84. The predicted octanol–water partition coefficient (Wildman–Crippen LogP) is 1.04. The first-order valence-corrected chi connectivity index (χ1v) is 7.60. The van der Waals surface area contributed by atoms with Crippen LogP contribution in [-0.2, 0) is 14.6 Å². The number of hydrogen-bond acceptors (Lipinski definition) is 5. The second-order valence-corrected chi connectivity index (χ2v) is 6.77. The fourth-order valence-corrected chi connectivity index (χ4v) is 3.74. The van der Waals surface area contributed by atoms with Crippen LogP contribution < -0.4 is 5.32 Å². The molecule has 0 radical (unpaired) electrons. The number of carbonyl (C=O) groups is 1. The predicted molar refractivity (Wildman–Crippen MR) is 67.1 cm³/mol. The minimum Gasteiger partial charge on any atom is -0.308 e. The summed E-state index contributed by atoms with van der Waals surface area (Å²) in [5.74, 6) is -0.284. The van der Waals surface area contributed by atoms with E-state index in [1.54, 1.807) is 0 Å². The number of nitrogens with zero attached hydrogens (tertiary/aromatic N) is 2. The first kappa shape index (κ1) is 13.2. The van der Waals surface area contributed by atoms with Crippen LogP contribution in [0.15, 0.2) is 12.1 Å². The van der Waals surface area contributed by atoms with E-state index in [0.717, 1.165) is 6.42 Å². The fraction of sp³-hybridized carbons (Fsp3) is 0.500. The van der Waals surface area contributed by atoms with E-state index in [9.17, 15) is 13.2 Å². The Morgan fingerprint density at radius 1 is 1.33 bits per heavy atom. The summed E-state index contributed by atoms with van der Waals surface area (Å²) in [5, 5.41) is 8.89. The van der Waals surface area contributed by atoms with Crippen molar-refractivity contribution < 1.29 is 13.2 Å². The average molecular weight is 290 g/mol. The summed E-state index contributed by atoms with van der Waals surface area (Å²) in [7, 11) is -3.34. The van der Waals surface area contributed by atoms with Gasteiger partial charge in [-0.15, -0.1) is 10.2 Å². The van der Waals surface area contributed by atoms with Gasteiger partial charge in [0, 0.05) is 0 Å². The third kappa shape index (κ3) is 2.97. The number of sulfone groups is 1. The molecule has 1 fully saturated rings. The maximum atomic E-state index is 11.9. The van der Waals surface area contributed by atoms with Crippen LogP contribution in [0.2, 0.25) is 5.15 Å². The molecule has 1 N–H and O–H groups in total. The maximum Gasteiger partial charge on any atom is 0.243 e. The van der Waals surface area contributed by atoms with Gasteiger partial charge in [-0.1, -0.05) is 18.0 Å². The number of nitrogens with one attached hydrogen (secondary N) is 1. The van der Waals surface area contributed by atoms with E-state index < -0.39 is 21.0 Å². The van der Waals surface area contributed by atoms with Gasteiger partial charge in [0.05, 0.1) is 5.75 Å². The molecule has 98 valence electrons. The van der Waals surface area contributed by atoms with Crippen molar-refractivity contribution in [2.75, 3.05) is 11.1 Å². The van der Waals surface area contributed by atoms with Crippen molar-refractivity contribution in [1.29, 1.82) is 0 Å². The van der Waals surface area contributed by atoms with Crippen LogP contribution in [-0.4, -0.2) is 35.5 Å². The second kappa shape index (κ2) is 5.19. The maximum absolute atomic E-state index is 11.9. The monoisotopic (exact) mass is 289 g/mol. The molecule has 1 aromatic heterocycles. The van der Waals surface area contributed by atoms with E-state index in [1.165, 1.54) is 12.1 Å². The third-order valence-electron chi connectivity index (χ3n) is 2.75. The van der Waals surface area contributed by atoms with E-state index in [0.29, 0.717) is 12.8 Å². The molecular formula is C10H12ClN3O3S. The van der Waals surface area contributed by atoms with E-state index in [2.05, 4.69) is 15.5 Å². The Morgan fingerprint density at radius 3 is 2.72 bits per heavy atom. The lowest BCUT2D eigenvalue weighted by Crippen LogP contribution is -2.39. The minimum absolute atomic E-state index is 0.0668. The van der Waals surface area contributed by atoms with E-state index >= 15 is 0 Å². The number of amides is 1. The van der Waals surface area contributed by atoms with Crippen LogP contribution in [0.25, 0.3) is 0 Å². The van der Waals surface area contributed by atoms with Crippen molar-refractivity contribution in [3.8, 4) is 0 Å². The van der Waals surface area contributed by atoms with Crippen molar-refractivity contribution in [1.82, 2.24) is 10.2 Å². The Morgan fingerprint density at radius 2 is 2.11 bits per heavy atom. The van der Waals surface area contributed by atoms with Crippen LogP contribution in [0.1, 0.15) is 19.3 Å². The summed E-state index contributed by atoms with van der Waals surface area (Å²) >= 11 is 5.56. The topological polar surface area (TPSA) is 89.0 Å². The molecule has 1 aromatic rings. The normalized spacial score (nSPS) is 22.4. The molecule has 8 heteroatoms. The molecule has 1 amide bonds. The van der Waals surface area contributed by atoms with Gasteiger partial charge in [-0.3, -0.25) is 4.79 Å². The number of anilines is 1. The molecule has 0 spiro atoms. The summed E-state index contributed by atoms with van der Waals surface area (Å²) in [6.45, 7) is 0. The van der Waals surface area contributed by atoms with E-state index in [1.807, 2.05) is 0 Å². The first-order chi connectivity index (χ1) is 8.49. The molecule has 0 aliphatic carbocycles. The van der Waals surface area contributed by atoms with Crippen molar-refractivity contribution in [2.45, 2.75) is 24.5 Å². The highest BCUT2D eigenvalue weighted by molar-refractivity contribution is 7.92. The minimum atomic E-state index is -3.34. The molecule has 6 nitrogen and oxygen atoms in total. The highest BCUT2D eigenvalue weighted by Gasteiger charge is 2.34. The molecule has 2 heterocycles. The van der Waals surface area contributed by atoms with Gasteiger partial charge in [0.1, 0.15) is 5.25 Å². The number of hydrogen-bond donors (Lipinski definition) is 1. The molecule has 0 saturated carbocycles. The van der Waals surface area contributed by atoms with Gasteiger partial charge < -0.3 is 5.32 Å². The quantitative estimate of drug-likeness (QED) is 0.878. The van der Waals surface area contributed by atoms with Gasteiger partial charge in [-0.05, 0) is 25.0 Å². The SMILES string of the molecule is O=C(Nc1ccc(Cl)nn1)C1CCCCS1(=O)=O. The van der Waals surface area contributed by atoms with Crippen LogP contribution >= 0.6 is 11.6 Å². The van der Waals surface area contributed by atoms with Gasteiger partial charge in [0.15, 0.2) is 20.8 Å². The summed E-state index contributed by atoms with van der Waals surface area (Å²) < 4.78 is 23.5. The van der Waals surface area contributed by atoms with Crippen molar-refractivity contribution >= 4 is 33.2 Å². The van der Waals surface area contributed by atoms with Gasteiger partial charge >= 0.3 is 0 Å². The lowest BCUT2D eigenvalue weighted by molar-refractivity contribution is -0.116. The lowest BCUT2D eigenvalue weighted by atomic mass is 10.2. The largest absolute Gasteiger partial charge is 0.308 e. The third-order valence-corrected chi connectivity index (χ3v) is 5.13. The Bertz CT molecular complexity index is 544. The smallest absolute Gasteiger partial charge is 0.243 e. The zero-order chi connectivity index (χ0) is 13.2. The molecule has 1 saturated heterocycles. The van der Waals surface area contributed by atoms with Gasteiger partial charge in [-0.2, -0.15) is 0 Å². The standard InChI is InChI=1S/C10H12ClN3O3S/c11-8-4-5-9(14-13-8)12-10(15)7-3-1-2-6-18(7,16)17/h4-5,7H,1-3,6H2,(H,12,14,15). The molecule has 1 atom stereocenters. The molecule has 1 unspecified atom stereocenters. The second-order valence-electron chi connectivity index (χ2n) is 4.08. The Hall–Kier alpha value is -1.21. The molecule has 1 aliphatic rings. The Labute approximate surface area is 110 Å². The highest BCUT2D eigenvalue weighted by atomic mass is 35.5.